The third-order valence-corrected chi connectivity index (χ3v) is 2.96. The highest BCUT2D eigenvalue weighted by molar-refractivity contribution is 5.98. The number of carboxylic acids is 1. The first kappa shape index (κ1) is 16.5. The van der Waals surface area contributed by atoms with E-state index in [4.69, 9.17) is 15.9 Å². The van der Waals surface area contributed by atoms with E-state index in [1.54, 1.807) is 36.4 Å². The van der Waals surface area contributed by atoms with Gasteiger partial charge in [-0.2, -0.15) is 0 Å². The molecule has 0 aromatic heterocycles. The maximum atomic E-state index is 11.3. The van der Waals surface area contributed by atoms with Crippen LogP contribution in [0.5, 0.6) is 5.75 Å². The fourth-order valence-corrected chi connectivity index (χ4v) is 1.91. The Labute approximate surface area is 128 Å². The van der Waals surface area contributed by atoms with Crippen molar-refractivity contribution in [3.63, 3.8) is 0 Å². The van der Waals surface area contributed by atoms with Crippen molar-refractivity contribution in [3.05, 3.63) is 53.6 Å². The number of carbonyl (C=O) groups is 1. The fraction of sp³-hybridized carbons (Fsp3) is 0.0667. The number of methoxy groups -OCH3 is 1. The Morgan fingerprint density at radius 2 is 1.81 bits per heavy atom. The summed E-state index contributed by atoms with van der Waals surface area (Å²) in [5.74, 6) is -0.445. The van der Waals surface area contributed by atoms with Crippen molar-refractivity contribution in [2.75, 3.05) is 7.11 Å². The van der Waals surface area contributed by atoms with Crippen molar-refractivity contribution in [2.24, 2.45) is 5.73 Å². The predicted octanol–water partition coefficient (Wildman–Crippen LogP) is 2.77. The van der Waals surface area contributed by atoms with Gasteiger partial charge in [-0.1, -0.05) is 24.3 Å². The molecule has 6 heteroatoms. The Bertz CT molecular complexity index is 669. The molecule has 2 aromatic rings. The number of nitrogens with one attached hydrogen (secondary N) is 1. The number of aromatic carboxylic acids is 1. The number of nitrogen functional groups attached to an aromatic ring is 1. The van der Waals surface area contributed by atoms with Crippen LogP contribution in [0.4, 0.5) is 0 Å². The Kier molecular flexibility index (Phi) is 5.32. The van der Waals surface area contributed by atoms with Crippen LogP contribution in [0.1, 0.15) is 15.9 Å². The molecule has 0 unspecified atom stereocenters. The maximum absolute atomic E-state index is 11.3. The summed E-state index contributed by atoms with van der Waals surface area (Å²) in [6, 6.07) is 11.6. The maximum Gasteiger partial charge on any atom is 0.336 e. The van der Waals surface area contributed by atoms with Gasteiger partial charge < -0.3 is 15.6 Å². The zero-order valence-corrected chi connectivity index (χ0v) is 12.1. The second-order valence-corrected chi connectivity index (χ2v) is 4.21. The van der Waals surface area contributed by atoms with Gasteiger partial charge in [-0.05, 0) is 29.3 Å². The van der Waals surface area contributed by atoms with Crippen LogP contribution < -0.4 is 10.5 Å². The first-order valence-corrected chi connectivity index (χ1v) is 5.89. The molecule has 0 bridgehead atoms. The van der Waals surface area contributed by atoms with Crippen LogP contribution in [0.25, 0.3) is 11.1 Å². The van der Waals surface area contributed by atoms with E-state index in [2.05, 4.69) is 0 Å². The highest BCUT2D eigenvalue weighted by Gasteiger charge is 2.13. The van der Waals surface area contributed by atoms with Crippen molar-refractivity contribution in [1.82, 2.24) is 0 Å². The molecule has 0 heterocycles. The summed E-state index contributed by atoms with van der Waals surface area (Å²) in [5.41, 5.74) is 7.47. The zero-order valence-electron chi connectivity index (χ0n) is 11.3. The lowest BCUT2D eigenvalue weighted by molar-refractivity contribution is 0.0697. The van der Waals surface area contributed by atoms with E-state index in [9.17, 15) is 9.90 Å². The van der Waals surface area contributed by atoms with Crippen molar-refractivity contribution in [1.29, 1.82) is 5.41 Å². The van der Waals surface area contributed by atoms with Crippen LogP contribution in [0, 0.1) is 5.41 Å². The molecule has 0 radical (unpaired) electrons. The standard InChI is InChI=1S/C15H14N2O3.ClH/c1-20-11-6-7-12(15(18)19)13(8-11)9-2-4-10(5-3-9)14(16)17;/h2-8H,1H3,(H3,16,17)(H,18,19);1H. The van der Waals surface area contributed by atoms with E-state index >= 15 is 0 Å². The lowest BCUT2D eigenvalue weighted by Crippen LogP contribution is -2.10. The van der Waals surface area contributed by atoms with Crippen molar-refractivity contribution >= 4 is 24.2 Å². The van der Waals surface area contributed by atoms with Gasteiger partial charge in [0.2, 0.25) is 0 Å². The number of ether oxygens (including phenoxy) is 1. The number of hydrogen-bond donors (Lipinski definition) is 3. The van der Waals surface area contributed by atoms with Crippen LogP contribution in [0.3, 0.4) is 0 Å². The highest BCUT2D eigenvalue weighted by atomic mass is 35.5. The minimum atomic E-state index is -1.00. The molecule has 21 heavy (non-hydrogen) atoms. The minimum Gasteiger partial charge on any atom is -0.497 e. The van der Waals surface area contributed by atoms with Crippen molar-refractivity contribution in [3.8, 4) is 16.9 Å². The Balaban J connectivity index is 0.00000220. The molecule has 0 aliphatic heterocycles. The molecule has 0 saturated heterocycles. The number of nitrogens with two attached hydrogens (primary N) is 1. The first-order valence-electron chi connectivity index (χ1n) is 5.89. The average molecular weight is 307 g/mol. The molecule has 0 fully saturated rings. The van der Waals surface area contributed by atoms with Gasteiger partial charge >= 0.3 is 5.97 Å². The van der Waals surface area contributed by atoms with E-state index < -0.39 is 5.97 Å². The smallest absolute Gasteiger partial charge is 0.336 e. The second kappa shape index (κ2) is 6.76. The molecular formula is C15H15ClN2O3. The van der Waals surface area contributed by atoms with Crippen molar-refractivity contribution in [2.45, 2.75) is 0 Å². The summed E-state index contributed by atoms with van der Waals surface area (Å²) in [7, 11) is 1.53. The van der Waals surface area contributed by atoms with Crippen LogP contribution in [-0.2, 0) is 0 Å². The molecule has 0 amide bonds. The van der Waals surface area contributed by atoms with Crippen LogP contribution in [-0.4, -0.2) is 24.0 Å². The van der Waals surface area contributed by atoms with Gasteiger partial charge in [0.25, 0.3) is 0 Å². The van der Waals surface area contributed by atoms with E-state index in [0.717, 1.165) is 5.56 Å². The van der Waals surface area contributed by atoms with Gasteiger partial charge in [0.05, 0.1) is 12.7 Å². The lowest BCUT2D eigenvalue weighted by Gasteiger charge is -2.09. The Morgan fingerprint density at radius 1 is 1.19 bits per heavy atom. The molecule has 2 aromatic carbocycles. The number of benzene rings is 2. The SMILES string of the molecule is COc1ccc(C(=O)O)c(-c2ccc(C(=N)N)cc2)c1.Cl. The Hall–Kier alpha value is -2.53. The normalized spacial score (nSPS) is 9.57. The van der Waals surface area contributed by atoms with Gasteiger partial charge in [0.15, 0.2) is 0 Å². The van der Waals surface area contributed by atoms with Crippen LogP contribution >= 0.6 is 12.4 Å². The second-order valence-electron chi connectivity index (χ2n) is 4.21. The van der Waals surface area contributed by atoms with Gasteiger partial charge in [-0.15, -0.1) is 12.4 Å². The number of carboxylic acid groups (broad SMARTS) is 1. The molecule has 0 spiro atoms. The van der Waals surface area contributed by atoms with E-state index in [1.807, 2.05) is 0 Å². The molecule has 0 aliphatic rings. The monoisotopic (exact) mass is 306 g/mol. The summed E-state index contributed by atoms with van der Waals surface area (Å²) in [6.07, 6.45) is 0. The quantitative estimate of drug-likeness (QED) is 0.597. The number of halogens is 1. The first-order chi connectivity index (χ1) is 9.52. The molecular weight excluding hydrogens is 292 g/mol. The van der Waals surface area contributed by atoms with Gasteiger partial charge in [0, 0.05) is 5.56 Å². The summed E-state index contributed by atoms with van der Waals surface area (Å²) in [6.45, 7) is 0. The molecule has 0 atom stereocenters. The predicted molar refractivity (Wildman–Crippen MR) is 83.7 cm³/mol. The minimum absolute atomic E-state index is 0. The molecule has 4 N–H and O–H groups in total. The van der Waals surface area contributed by atoms with Crippen LogP contribution in [0.2, 0.25) is 0 Å². The van der Waals surface area contributed by atoms with E-state index in [0.29, 0.717) is 16.9 Å². The molecule has 0 saturated carbocycles. The van der Waals surface area contributed by atoms with Crippen molar-refractivity contribution < 1.29 is 14.6 Å². The van der Waals surface area contributed by atoms with Crippen LogP contribution in [0.15, 0.2) is 42.5 Å². The number of hydrogen-bond acceptors (Lipinski definition) is 3. The fourth-order valence-electron chi connectivity index (χ4n) is 1.91. The third kappa shape index (κ3) is 3.52. The van der Waals surface area contributed by atoms with Gasteiger partial charge in [0.1, 0.15) is 11.6 Å². The topological polar surface area (TPSA) is 96.4 Å². The molecule has 0 aliphatic carbocycles. The summed E-state index contributed by atoms with van der Waals surface area (Å²) in [4.78, 5) is 11.3. The van der Waals surface area contributed by atoms with E-state index in [-0.39, 0.29) is 23.8 Å². The lowest BCUT2D eigenvalue weighted by atomic mass is 9.98. The van der Waals surface area contributed by atoms with Gasteiger partial charge in [-0.3, -0.25) is 5.41 Å². The van der Waals surface area contributed by atoms with Gasteiger partial charge in [-0.25, -0.2) is 4.79 Å². The molecule has 2 rings (SSSR count). The summed E-state index contributed by atoms with van der Waals surface area (Å²) in [5, 5.41) is 16.6. The Morgan fingerprint density at radius 3 is 2.29 bits per heavy atom. The van der Waals surface area contributed by atoms with E-state index in [1.165, 1.54) is 13.2 Å². The molecule has 110 valence electrons. The molecule has 5 nitrogen and oxygen atoms in total. The third-order valence-electron chi connectivity index (χ3n) is 2.96. The summed E-state index contributed by atoms with van der Waals surface area (Å²) >= 11 is 0. The largest absolute Gasteiger partial charge is 0.497 e. The average Bonchev–Trinajstić information content (AvgIpc) is 2.46. The number of rotatable bonds is 4. The number of amidine groups is 1. The zero-order chi connectivity index (χ0) is 14.7. The summed E-state index contributed by atoms with van der Waals surface area (Å²) < 4.78 is 5.13. The highest BCUT2D eigenvalue weighted by Crippen LogP contribution is 2.28.